The van der Waals surface area contributed by atoms with Crippen LogP contribution in [0.1, 0.15) is 62.3 Å². The maximum Gasteiger partial charge on any atom is 0.300 e. The van der Waals surface area contributed by atoms with Crippen molar-refractivity contribution in [3.63, 3.8) is 0 Å². The van der Waals surface area contributed by atoms with Crippen LogP contribution in [-0.2, 0) is 11.3 Å². The van der Waals surface area contributed by atoms with Gasteiger partial charge in [0.1, 0.15) is 22.8 Å². The molecule has 1 fully saturated rings. The maximum atomic E-state index is 14.7. The Hall–Kier alpha value is -3.38. The summed E-state index contributed by atoms with van der Waals surface area (Å²) in [5, 5.41) is 23.1. The number of halogens is 2. The molecular weight excluding hydrogens is 428 g/mol. The van der Waals surface area contributed by atoms with Gasteiger partial charge in [0.25, 0.3) is 5.56 Å². The van der Waals surface area contributed by atoms with Crippen molar-refractivity contribution in [2.75, 3.05) is 5.32 Å². The van der Waals surface area contributed by atoms with Gasteiger partial charge in [0.05, 0.1) is 16.9 Å². The highest BCUT2D eigenvalue weighted by molar-refractivity contribution is 5.89. The highest BCUT2D eigenvalue weighted by atomic mass is 19.3. The van der Waals surface area contributed by atoms with Gasteiger partial charge < -0.3 is 15.4 Å². The van der Waals surface area contributed by atoms with Crippen LogP contribution in [0, 0.1) is 18.3 Å². The highest BCUT2D eigenvalue weighted by Crippen LogP contribution is 2.47. The van der Waals surface area contributed by atoms with Crippen molar-refractivity contribution in [2.24, 2.45) is 0 Å². The molecule has 9 heteroatoms. The molecular formula is C24H25F2N5O2. The van der Waals surface area contributed by atoms with Crippen molar-refractivity contribution in [3.05, 3.63) is 63.3 Å². The van der Waals surface area contributed by atoms with Crippen LogP contribution in [0.25, 0.3) is 10.9 Å². The third-order valence-electron chi connectivity index (χ3n) is 6.16. The molecule has 0 amide bonds. The Bertz CT molecular complexity index is 1330. The van der Waals surface area contributed by atoms with E-state index < -0.39 is 28.5 Å². The lowest BCUT2D eigenvalue weighted by Gasteiger charge is -2.30. The lowest BCUT2D eigenvalue weighted by Crippen LogP contribution is -2.40. The molecule has 1 saturated carbocycles. The van der Waals surface area contributed by atoms with E-state index in [2.05, 4.69) is 26.3 Å². The molecule has 33 heavy (non-hydrogen) atoms. The van der Waals surface area contributed by atoms with Gasteiger partial charge in [-0.15, -0.1) is 0 Å². The fourth-order valence-corrected chi connectivity index (χ4v) is 3.83. The minimum atomic E-state index is -3.45. The number of benzene rings is 1. The number of aliphatic hydroxyl groups is 1. The third kappa shape index (κ3) is 3.95. The largest absolute Gasteiger partial charge is 0.384 e. The van der Waals surface area contributed by atoms with Crippen molar-refractivity contribution in [1.82, 2.24) is 15.0 Å². The lowest BCUT2D eigenvalue weighted by molar-refractivity contribution is -0.168. The van der Waals surface area contributed by atoms with Gasteiger partial charge in [-0.3, -0.25) is 4.79 Å². The summed E-state index contributed by atoms with van der Waals surface area (Å²) in [6.07, 6.45) is 1.33. The summed E-state index contributed by atoms with van der Waals surface area (Å²) < 4.78 is 29.4. The molecule has 0 bridgehead atoms. The van der Waals surface area contributed by atoms with Crippen molar-refractivity contribution < 1.29 is 13.9 Å². The number of aromatic amines is 1. The molecule has 3 N–H and O–H groups in total. The molecule has 0 aliphatic heterocycles. The molecule has 7 nitrogen and oxygen atoms in total. The summed E-state index contributed by atoms with van der Waals surface area (Å²) >= 11 is 0. The summed E-state index contributed by atoms with van der Waals surface area (Å²) in [6, 6.07) is 9.38. The zero-order chi connectivity index (χ0) is 24.2. The van der Waals surface area contributed by atoms with E-state index in [-0.39, 0.29) is 11.1 Å². The Labute approximate surface area is 189 Å². The molecule has 0 spiro atoms. The molecule has 1 aliphatic carbocycles. The van der Waals surface area contributed by atoms with Crippen LogP contribution in [0.4, 0.5) is 14.6 Å². The Balaban J connectivity index is 1.75. The normalized spacial score (nSPS) is 16.3. The topological polar surface area (TPSA) is 115 Å². The number of rotatable bonds is 6. The van der Waals surface area contributed by atoms with Crippen molar-refractivity contribution >= 4 is 16.7 Å². The van der Waals surface area contributed by atoms with Gasteiger partial charge in [0.2, 0.25) is 0 Å². The van der Waals surface area contributed by atoms with Crippen molar-refractivity contribution in [2.45, 2.75) is 63.5 Å². The van der Waals surface area contributed by atoms with Crippen LogP contribution in [0.5, 0.6) is 0 Å². The summed E-state index contributed by atoms with van der Waals surface area (Å²) in [7, 11) is 0. The quantitative estimate of drug-likeness (QED) is 0.515. The molecule has 0 saturated heterocycles. The lowest BCUT2D eigenvalue weighted by atomic mass is 9.91. The van der Waals surface area contributed by atoms with E-state index in [0.717, 1.165) is 13.8 Å². The molecule has 1 atom stereocenters. The second kappa shape index (κ2) is 7.59. The van der Waals surface area contributed by atoms with E-state index in [0.29, 0.717) is 41.1 Å². The van der Waals surface area contributed by atoms with Gasteiger partial charge in [-0.25, -0.2) is 9.97 Å². The molecule has 3 aromatic rings. The Morgan fingerprint density at radius 1 is 1.27 bits per heavy atom. The summed E-state index contributed by atoms with van der Waals surface area (Å²) in [5.41, 5.74) is -2.35. The number of nitriles is 1. The molecule has 0 unspecified atom stereocenters. The number of pyridine rings is 1. The molecule has 4 rings (SSSR count). The maximum absolute atomic E-state index is 14.7. The second-order valence-electron chi connectivity index (χ2n) is 9.21. The second-order valence-corrected chi connectivity index (χ2v) is 9.21. The summed E-state index contributed by atoms with van der Waals surface area (Å²) in [4.78, 5) is 24.2. The summed E-state index contributed by atoms with van der Waals surface area (Å²) in [6.45, 7) is 5.58. The SMILES string of the molecule is Cc1nc(N[C@H](C)c2cccc(C(F)(F)C(C)(C)O)c2)c2cc(C3(C#N)CC3)[nH]c(=O)c2n1. The highest BCUT2D eigenvalue weighted by Gasteiger charge is 2.47. The fraction of sp³-hybridized carbons (Fsp3) is 0.417. The molecule has 2 heterocycles. The van der Waals surface area contributed by atoms with E-state index in [1.54, 1.807) is 26.0 Å². The Morgan fingerprint density at radius 2 is 1.97 bits per heavy atom. The average Bonchev–Trinajstić information content (AvgIpc) is 3.55. The Kier molecular flexibility index (Phi) is 5.25. The zero-order valence-corrected chi connectivity index (χ0v) is 18.8. The van der Waals surface area contributed by atoms with Crippen LogP contribution in [-0.4, -0.2) is 25.7 Å². The number of hydrogen-bond donors (Lipinski definition) is 3. The number of anilines is 1. The number of H-pyrrole nitrogens is 1. The first-order valence-corrected chi connectivity index (χ1v) is 10.7. The van der Waals surface area contributed by atoms with Crippen LogP contribution in [0.3, 0.4) is 0 Å². The van der Waals surface area contributed by atoms with E-state index >= 15 is 0 Å². The molecule has 1 aliphatic rings. The minimum absolute atomic E-state index is 0.192. The number of alkyl halides is 2. The monoisotopic (exact) mass is 453 g/mol. The van der Waals surface area contributed by atoms with Gasteiger partial charge in [0.15, 0.2) is 0 Å². The number of fused-ring (bicyclic) bond motifs is 1. The van der Waals surface area contributed by atoms with Gasteiger partial charge in [-0.2, -0.15) is 14.0 Å². The van der Waals surface area contributed by atoms with Gasteiger partial charge in [-0.05, 0) is 58.2 Å². The van der Waals surface area contributed by atoms with Gasteiger partial charge >= 0.3 is 5.92 Å². The van der Waals surface area contributed by atoms with E-state index in [1.165, 1.54) is 18.2 Å². The zero-order valence-electron chi connectivity index (χ0n) is 18.8. The van der Waals surface area contributed by atoms with E-state index in [9.17, 15) is 23.9 Å². The number of aryl methyl sites for hydroxylation is 1. The standard InChI is InChI=1S/C24H25F2N5O2/c1-13(15-6-5-7-16(10-15)24(25,26)22(3,4)33)28-20-17-11-18(23(12-27)8-9-23)31-21(32)19(17)29-14(2)30-20/h5-7,10-11,13,33H,8-9H2,1-4H3,(H,31,32)(H,28,29,30)/t13-/m1/s1. The Morgan fingerprint density at radius 3 is 2.58 bits per heavy atom. The number of hydrogen-bond acceptors (Lipinski definition) is 6. The smallest absolute Gasteiger partial charge is 0.300 e. The molecule has 1 aromatic carbocycles. The number of aromatic nitrogens is 3. The minimum Gasteiger partial charge on any atom is -0.384 e. The van der Waals surface area contributed by atoms with Crippen molar-refractivity contribution in [3.8, 4) is 6.07 Å². The van der Waals surface area contributed by atoms with Crippen molar-refractivity contribution in [1.29, 1.82) is 5.26 Å². The number of nitrogens with one attached hydrogen (secondary N) is 2. The fourth-order valence-electron chi connectivity index (χ4n) is 3.83. The molecule has 172 valence electrons. The van der Waals surface area contributed by atoms with E-state index in [1.807, 2.05) is 0 Å². The first-order chi connectivity index (χ1) is 15.4. The van der Waals surface area contributed by atoms with Gasteiger partial charge in [0, 0.05) is 17.3 Å². The van der Waals surface area contributed by atoms with Gasteiger partial charge in [-0.1, -0.05) is 18.2 Å². The predicted molar refractivity (Wildman–Crippen MR) is 120 cm³/mol. The van der Waals surface area contributed by atoms with Crippen LogP contribution in [0.15, 0.2) is 35.1 Å². The third-order valence-corrected chi connectivity index (χ3v) is 6.16. The first kappa shape index (κ1) is 22.8. The summed E-state index contributed by atoms with van der Waals surface area (Å²) in [5.74, 6) is -2.69. The molecule has 2 aromatic heterocycles. The van der Waals surface area contributed by atoms with Crippen LogP contribution in [0.2, 0.25) is 0 Å². The number of nitrogens with zero attached hydrogens (tertiary/aromatic N) is 3. The van der Waals surface area contributed by atoms with Crippen LogP contribution >= 0.6 is 0 Å². The van der Waals surface area contributed by atoms with Crippen LogP contribution < -0.4 is 10.9 Å². The van der Waals surface area contributed by atoms with E-state index in [4.69, 9.17) is 0 Å². The first-order valence-electron chi connectivity index (χ1n) is 10.7. The molecule has 0 radical (unpaired) electrons. The predicted octanol–water partition coefficient (Wildman–Crippen LogP) is 4.22. The average molecular weight is 453 g/mol.